The summed E-state index contributed by atoms with van der Waals surface area (Å²) in [7, 11) is 0. The Labute approximate surface area is 249 Å². The number of pyridine rings is 1. The number of hydrogen-bond acceptors (Lipinski definition) is 6. The molecular weight excluding hydrogens is 503 g/mol. The summed E-state index contributed by atoms with van der Waals surface area (Å²) < 4.78 is 0. The van der Waals surface area contributed by atoms with E-state index in [2.05, 4.69) is 39.1 Å². The van der Waals surface area contributed by atoms with Gasteiger partial charge in [0.1, 0.15) is 5.82 Å². The van der Waals surface area contributed by atoms with Gasteiger partial charge in [-0.25, -0.2) is 4.98 Å². The number of anilines is 1. The molecule has 0 aliphatic heterocycles. The molecule has 0 bridgehead atoms. The summed E-state index contributed by atoms with van der Waals surface area (Å²) in [5.74, 6) is -1.29. The summed E-state index contributed by atoms with van der Waals surface area (Å²) >= 11 is 0. The Morgan fingerprint density at radius 1 is 0.846 bits per heavy atom. The number of rotatable bonds is 12. The molecule has 0 saturated heterocycles. The molecule has 3 aromatic carbocycles. The summed E-state index contributed by atoms with van der Waals surface area (Å²) in [5, 5.41) is 22.0. The molecule has 0 spiro atoms. The van der Waals surface area contributed by atoms with Gasteiger partial charge in [0, 0.05) is 31.6 Å². The van der Waals surface area contributed by atoms with E-state index in [1.165, 1.54) is 0 Å². The first-order chi connectivity index (χ1) is 18.5. The number of aromatic nitrogens is 1. The summed E-state index contributed by atoms with van der Waals surface area (Å²) in [4.78, 5) is 40.1. The van der Waals surface area contributed by atoms with Crippen molar-refractivity contribution in [2.24, 2.45) is 0 Å². The fourth-order valence-electron chi connectivity index (χ4n) is 4.24. The van der Waals surface area contributed by atoms with E-state index in [1.807, 2.05) is 54.6 Å². The minimum Gasteiger partial charge on any atom is -0.550 e. The van der Waals surface area contributed by atoms with Gasteiger partial charge in [-0.1, -0.05) is 72.8 Å². The van der Waals surface area contributed by atoms with Gasteiger partial charge in [-0.05, 0) is 46.0 Å². The van der Waals surface area contributed by atoms with Crippen LogP contribution in [-0.2, 0) is 14.4 Å². The Kier molecular flexibility index (Phi) is 11.5. The van der Waals surface area contributed by atoms with Crippen molar-refractivity contribution in [2.75, 3.05) is 18.4 Å². The first-order valence-electron chi connectivity index (χ1n) is 12.5. The number of aliphatic carboxylic acids is 1. The second-order valence-corrected chi connectivity index (χ2v) is 8.87. The number of fused-ring (bicyclic) bond motifs is 1. The summed E-state index contributed by atoms with van der Waals surface area (Å²) in [5.41, 5.74) is 2.68. The molecule has 4 rings (SSSR count). The van der Waals surface area contributed by atoms with Crippen molar-refractivity contribution in [3.8, 4) is 11.1 Å². The van der Waals surface area contributed by atoms with E-state index in [0.717, 1.165) is 27.7 Å². The van der Waals surface area contributed by atoms with Crippen molar-refractivity contribution in [2.45, 2.75) is 25.3 Å². The van der Waals surface area contributed by atoms with Crippen molar-refractivity contribution in [3.05, 3.63) is 96.7 Å². The van der Waals surface area contributed by atoms with Crippen LogP contribution in [0.4, 0.5) is 5.82 Å². The van der Waals surface area contributed by atoms with E-state index >= 15 is 0 Å². The van der Waals surface area contributed by atoms with Gasteiger partial charge in [-0.15, -0.1) is 0 Å². The van der Waals surface area contributed by atoms with Gasteiger partial charge in [-0.3, -0.25) is 9.59 Å². The quantitative estimate of drug-likeness (QED) is 0.177. The van der Waals surface area contributed by atoms with Gasteiger partial charge in [0.15, 0.2) is 0 Å². The van der Waals surface area contributed by atoms with Gasteiger partial charge in [-0.2, -0.15) is 0 Å². The zero-order chi connectivity index (χ0) is 26.7. The molecule has 1 atom stereocenters. The number of carbonyl (C=O) groups is 3. The maximum absolute atomic E-state index is 12.5. The zero-order valence-electron chi connectivity index (χ0n) is 21.9. The molecule has 0 fully saturated rings. The number of benzene rings is 3. The van der Waals surface area contributed by atoms with E-state index in [9.17, 15) is 19.5 Å². The fourth-order valence-corrected chi connectivity index (χ4v) is 4.24. The molecule has 39 heavy (non-hydrogen) atoms. The Morgan fingerprint density at radius 2 is 1.59 bits per heavy atom. The smallest absolute Gasteiger partial charge is 0.550 e. The third-order valence-corrected chi connectivity index (χ3v) is 6.12. The Balaban J connectivity index is 0.00000420. The van der Waals surface area contributed by atoms with Crippen LogP contribution in [0.15, 0.2) is 91.1 Å². The van der Waals surface area contributed by atoms with E-state index < -0.39 is 17.9 Å². The molecule has 0 saturated carbocycles. The monoisotopic (exact) mass is 532 g/mol. The molecule has 1 unspecified atom stereocenters. The summed E-state index contributed by atoms with van der Waals surface area (Å²) in [6.45, 7) is 0.323. The largest absolute Gasteiger partial charge is 1.00 e. The molecule has 9 heteroatoms. The van der Waals surface area contributed by atoms with Crippen molar-refractivity contribution < 1.29 is 49.0 Å². The minimum absolute atomic E-state index is 0. The van der Waals surface area contributed by atoms with Crippen LogP contribution in [0.5, 0.6) is 0 Å². The van der Waals surface area contributed by atoms with Crippen molar-refractivity contribution in [1.29, 1.82) is 0 Å². The average Bonchev–Trinajstić information content (AvgIpc) is 2.94. The Bertz CT molecular complexity index is 1390. The van der Waals surface area contributed by atoms with Crippen molar-refractivity contribution in [1.82, 2.24) is 15.6 Å². The number of carboxylic acid groups (broad SMARTS) is 1. The molecule has 0 radical (unpaired) electrons. The predicted octanol–water partition coefficient (Wildman–Crippen LogP) is 0.212. The third-order valence-electron chi connectivity index (χ3n) is 6.12. The molecule has 3 N–H and O–H groups in total. The maximum Gasteiger partial charge on any atom is 1.00 e. The number of hydrogen-bond donors (Lipinski definition) is 3. The summed E-state index contributed by atoms with van der Waals surface area (Å²) in [6.07, 6.45) is 2.11. The van der Waals surface area contributed by atoms with E-state index in [1.54, 1.807) is 18.3 Å². The first kappa shape index (κ1) is 29.8. The van der Waals surface area contributed by atoms with Crippen LogP contribution in [0.25, 0.3) is 21.9 Å². The normalized spacial score (nSPS) is 11.2. The number of amides is 2. The topological polar surface area (TPSA) is 123 Å². The molecule has 8 nitrogen and oxygen atoms in total. The van der Waals surface area contributed by atoms with Crippen LogP contribution in [0.2, 0.25) is 0 Å². The van der Waals surface area contributed by atoms with Crippen LogP contribution >= 0.6 is 0 Å². The SMILES string of the molecule is O=C([O-])CC(NC(=O)CNC(=O)CCCNc1ccccn1)c1ccc(-c2cccc3ccccc23)cc1.[Na+]. The van der Waals surface area contributed by atoms with Crippen LogP contribution in [0.1, 0.15) is 30.9 Å². The molecule has 0 aliphatic carbocycles. The van der Waals surface area contributed by atoms with Crippen LogP contribution in [0.3, 0.4) is 0 Å². The molecule has 0 aliphatic rings. The number of nitrogens with zero attached hydrogens (tertiary/aromatic N) is 1. The van der Waals surface area contributed by atoms with Gasteiger partial charge >= 0.3 is 29.6 Å². The van der Waals surface area contributed by atoms with Gasteiger partial charge in [0.2, 0.25) is 11.8 Å². The predicted molar refractivity (Wildman–Crippen MR) is 145 cm³/mol. The Morgan fingerprint density at radius 3 is 2.33 bits per heavy atom. The maximum atomic E-state index is 12.5. The van der Waals surface area contributed by atoms with E-state index in [4.69, 9.17) is 0 Å². The van der Waals surface area contributed by atoms with E-state index in [-0.39, 0.29) is 54.9 Å². The molecular formula is C30H29N4NaO4. The van der Waals surface area contributed by atoms with Crippen LogP contribution < -0.4 is 50.6 Å². The molecule has 194 valence electrons. The first-order valence-corrected chi connectivity index (χ1v) is 12.5. The second-order valence-electron chi connectivity index (χ2n) is 8.87. The minimum atomic E-state index is -1.28. The number of carboxylic acids is 1. The molecule has 1 aromatic heterocycles. The zero-order valence-corrected chi connectivity index (χ0v) is 23.9. The summed E-state index contributed by atoms with van der Waals surface area (Å²) in [6, 6.07) is 26.3. The van der Waals surface area contributed by atoms with Gasteiger partial charge in [0.05, 0.1) is 12.6 Å². The van der Waals surface area contributed by atoms with Gasteiger partial charge in [0.25, 0.3) is 0 Å². The second kappa shape index (κ2) is 15.0. The number of carbonyl (C=O) groups excluding carboxylic acids is 3. The van der Waals surface area contributed by atoms with Gasteiger partial charge < -0.3 is 25.9 Å². The van der Waals surface area contributed by atoms with Crippen molar-refractivity contribution >= 4 is 34.4 Å². The Hall–Kier alpha value is -3.72. The molecule has 1 heterocycles. The van der Waals surface area contributed by atoms with Crippen LogP contribution in [-0.4, -0.2) is 35.9 Å². The third kappa shape index (κ3) is 8.92. The standard InChI is InChI=1S/C30H30N4O4.Na/c35-28(12-6-18-32-27-11-3-4-17-31-27)33-20-29(36)34-26(19-30(37)38)23-15-13-22(14-16-23)25-10-5-8-21-7-1-2-9-24(21)25;/h1-5,7-11,13-17,26H,6,12,18-20H2,(H,31,32)(H,33,35)(H,34,36)(H,37,38);/q;+1/p-1. The fraction of sp³-hybridized carbons (Fsp3) is 0.200. The van der Waals surface area contributed by atoms with E-state index in [0.29, 0.717) is 18.5 Å². The molecule has 4 aromatic rings. The molecule has 2 amide bonds. The average molecular weight is 533 g/mol. The van der Waals surface area contributed by atoms with Crippen LogP contribution in [0, 0.1) is 0 Å². The van der Waals surface area contributed by atoms with Crippen molar-refractivity contribution in [3.63, 3.8) is 0 Å². The number of nitrogens with one attached hydrogen (secondary N) is 3.